The molecular formula is C34H37F2NO3. The van der Waals surface area contributed by atoms with E-state index in [0.717, 1.165) is 79.9 Å². The maximum atomic E-state index is 13.1. The van der Waals surface area contributed by atoms with Crippen LogP contribution in [-0.4, -0.2) is 42.9 Å². The van der Waals surface area contributed by atoms with Gasteiger partial charge in [0.15, 0.2) is 5.75 Å². The van der Waals surface area contributed by atoms with Crippen LogP contribution in [0.25, 0.3) is 11.1 Å². The molecule has 1 saturated heterocycles. The van der Waals surface area contributed by atoms with Gasteiger partial charge in [-0.15, -0.1) is 0 Å². The summed E-state index contributed by atoms with van der Waals surface area (Å²) >= 11 is 0. The molecule has 0 amide bonds. The zero-order valence-corrected chi connectivity index (χ0v) is 23.3. The van der Waals surface area contributed by atoms with Crippen molar-refractivity contribution in [3.8, 4) is 17.2 Å². The summed E-state index contributed by atoms with van der Waals surface area (Å²) in [7, 11) is 0. The zero-order valence-electron chi connectivity index (χ0n) is 23.3. The summed E-state index contributed by atoms with van der Waals surface area (Å²) in [5.74, 6) is 2.04. The monoisotopic (exact) mass is 545 g/mol. The van der Waals surface area contributed by atoms with Gasteiger partial charge in [-0.05, 0) is 121 Å². The summed E-state index contributed by atoms with van der Waals surface area (Å²) in [4.78, 5) is 6.36. The van der Waals surface area contributed by atoms with Crippen LogP contribution >= 0.6 is 0 Å². The molecule has 1 aliphatic carbocycles. The van der Waals surface area contributed by atoms with E-state index >= 15 is 0 Å². The van der Waals surface area contributed by atoms with E-state index in [4.69, 9.17) is 9.47 Å². The summed E-state index contributed by atoms with van der Waals surface area (Å²) in [6.45, 7) is 6.55. The second-order valence-electron chi connectivity index (χ2n) is 11.9. The van der Waals surface area contributed by atoms with E-state index in [1.165, 1.54) is 22.3 Å². The average Bonchev–Trinajstić information content (AvgIpc) is 3.47. The average molecular weight is 546 g/mol. The molecule has 0 spiro atoms. The standard InChI is InChI=1S/C34H37F2NO3/c1-34(2)21-26-19-25(9-14-32(26)39-34)30-6-3-5-24-20-28(40-36)12-13-31(24)33(30)23-7-10-27(11-8-23)38-29-15-18-37(22-29)17-4-16-35/h7-14,19-20,29H,3-6,15-18,21-22H2,1-2H3/t29-/m0/s1. The first-order valence-corrected chi connectivity index (χ1v) is 14.5. The van der Waals surface area contributed by atoms with Crippen LogP contribution in [0.15, 0.2) is 60.7 Å². The van der Waals surface area contributed by atoms with Crippen molar-refractivity contribution in [3.63, 3.8) is 0 Å². The zero-order chi connectivity index (χ0) is 27.7. The minimum atomic E-state index is -0.274. The van der Waals surface area contributed by atoms with Crippen LogP contribution in [0.3, 0.4) is 0 Å². The molecular weight excluding hydrogens is 508 g/mol. The molecule has 40 heavy (non-hydrogen) atoms. The predicted molar refractivity (Wildman–Crippen MR) is 154 cm³/mol. The van der Waals surface area contributed by atoms with Crippen molar-refractivity contribution in [2.24, 2.45) is 0 Å². The molecule has 0 radical (unpaired) electrons. The van der Waals surface area contributed by atoms with Crippen LogP contribution in [-0.2, 0) is 12.8 Å². The Hall–Kier alpha value is -3.38. The molecule has 4 nitrogen and oxygen atoms in total. The Morgan fingerprint density at radius 3 is 2.55 bits per heavy atom. The SMILES string of the molecule is CC1(C)Cc2cc(C3=C(c4ccc(O[C@H]5CCN(CCCF)C5)cc4)c4ccc(OF)cc4CCC3)ccc2O1. The van der Waals surface area contributed by atoms with Gasteiger partial charge in [0.05, 0.1) is 6.67 Å². The number of ether oxygens (including phenoxy) is 2. The molecule has 1 fully saturated rings. The molecule has 3 aromatic rings. The fourth-order valence-corrected chi connectivity index (χ4v) is 6.50. The maximum Gasteiger partial charge on any atom is 0.172 e. The quantitative estimate of drug-likeness (QED) is 0.289. The molecule has 6 heteroatoms. The summed E-state index contributed by atoms with van der Waals surface area (Å²) in [6, 6.07) is 20.4. The molecule has 210 valence electrons. The number of allylic oxidation sites excluding steroid dienone is 1. The van der Waals surface area contributed by atoms with Crippen molar-refractivity contribution in [2.75, 3.05) is 26.3 Å². The highest BCUT2D eigenvalue weighted by molar-refractivity contribution is 6.00. The summed E-state index contributed by atoms with van der Waals surface area (Å²) in [5, 5.41) is 0. The number of hydrogen-bond donors (Lipinski definition) is 0. The Labute approximate surface area is 235 Å². The van der Waals surface area contributed by atoms with Gasteiger partial charge in [-0.25, -0.2) is 0 Å². The Kier molecular flexibility index (Phi) is 7.54. The van der Waals surface area contributed by atoms with Gasteiger partial charge in [-0.2, -0.15) is 0 Å². The Morgan fingerprint density at radius 1 is 0.950 bits per heavy atom. The molecule has 3 aromatic carbocycles. The summed E-state index contributed by atoms with van der Waals surface area (Å²) < 4.78 is 38.1. The van der Waals surface area contributed by atoms with Crippen LogP contribution in [0.4, 0.5) is 8.92 Å². The lowest BCUT2D eigenvalue weighted by molar-refractivity contribution is -0.00629. The van der Waals surface area contributed by atoms with Crippen LogP contribution in [0.2, 0.25) is 0 Å². The van der Waals surface area contributed by atoms with Crippen molar-refractivity contribution in [1.82, 2.24) is 4.90 Å². The Balaban J connectivity index is 1.35. The highest BCUT2D eigenvalue weighted by atomic mass is 19.3. The van der Waals surface area contributed by atoms with Gasteiger partial charge in [0, 0.05) is 30.6 Å². The van der Waals surface area contributed by atoms with Gasteiger partial charge in [-0.1, -0.05) is 24.3 Å². The number of hydrogen-bond acceptors (Lipinski definition) is 4. The van der Waals surface area contributed by atoms with Crippen molar-refractivity contribution in [3.05, 3.63) is 88.5 Å². The molecule has 0 unspecified atom stereocenters. The molecule has 1 atom stereocenters. The molecule has 0 bridgehead atoms. The number of aryl methyl sites for hydroxylation is 1. The lowest BCUT2D eigenvalue weighted by atomic mass is 9.87. The van der Waals surface area contributed by atoms with Gasteiger partial charge >= 0.3 is 0 Å². The molecule has 2 heterocycles. The van der Waals surface area contributed by atoms with E-state index in [0.29, 0.717) is 6.42 Å². The van der Waals surface area contributed by atoms with E-state index in [1.54, 1.807) is 6.07 Å². The van der Waals surface area contributed by atoms with Crippen LogP contribution in [0.5, 0.6) is 17.2 Å². The molecule has 0 aromatic heterocycles. The van der Waals surface area contributed by atoms with Crippen molar-refractivity contribution in [1.29, 1.82) is 0 Å². The molecule has 0 N–H and O–H groups in total. The van der Waals surface area contributed by atoms with Crippen LogP contribution in [0, 0.1) is 0 Å². The van der Waals surface area contributed by atoms with Crippen molar-refractivity contribution >= 4 is 11.1 Å². The number of fused-ring (bicyclic) bond motifs is 2. The first-order chi connectivity index (χ1) is 19.4. The number of likely N-dealkylation sites (tertiary alicyclic amines) is 1. The number of alkyl halides is 1. The van der Waals surface area contributed by atoms with E-state index in [2.05, 4.69) is 54.0 Å². The van der Waals surface area contributed by atoms with Gasteiger partial charge in [0.1, 0.15) is 23.2 Å². The molecule has 6 rings (SSSR count). The number of nitrogens with zero attached hydrogens (tertiary/aromatic N) is 1. The third-order valence-electron chi connectivity index (χ3n) is 8.30. The molecule has 3 aliphatic rings. The minimum absolute atomic E-state index is 0.121. The van der Waals surface area contributed by atoms with Gasteiger partial charge in [0.2, 0.25) is 0 Å². The van der Waals surface area contributed by atoms with E-state index in [-0.39, 0.29) is 24.1 Å². The number of halogens is 2. The summed E-state index contributed by atoms with van der Waals surface area (Å²) in [6.07, 6.45) is 5.25. The van der Waals surface area contributed by atoms with E-state index in [9.17, 15) is 8.92 Å². The smallest absolute Gasteiger partial charge is 0.172 e. The van der Waals surface area contributed by atoms with E-state index in [1.807, 2.05) is 24.3 Å². The maximum absolute atomic E-state index is 13.1. The van der Waals surface area contributed by atoms with Crippen molar-refractivity contribution in [2.45, 2.75) is 64.1 Å². The first kappa shape index (κ1) is 26.8. The molecule has 2 aliphatic heterocycles. The Morgan fingerprint density at radius 2 is 1.75 bits per heavy atom. The van der Waals surface area contributed by atoms with Gasteiger partial charge in [0.25, 0.3) is 0 Å². The topological polar surface area (TPSA) is 30.9 Å². The van der Waals surface area contributed by atoms with Gasteiger partial charge in [-0.3, -0.25) is 14.2 Å². The van der Waals surface area contributed by atoms with Crippen LogP contribution < -0.4 is 14.4 Å². The normalized spacial score (nSPS) is 20.1. The van der Waals surface area contributed by atoms with Crippen LogP contribution in [0.1, 0.15) is 67.3 Å². The first-order valence-electron chi connectivity index (χ1n) is 14.5. The second kappa shape index (κ2) is 11.2. The molecule has 0 saturated carbocycles. The highest BCUT2D eigenvalue weighted by Crippen LogP contribution is 2.43. The third kappa shape index (κ3) is 5.60. The lowest BCUT2D eigenvalue weighted by Crippen LogP contribution is -2.26. The fraction of sp³-hybridized carbons (Fsp3) is 0.412. The third-order valence-corrected chi connectivity index (χ3v) is 8.30. The predicted octanol–water partition coefficient (Wildman–Crippen LogP) is 7.77. The second-order valence-corrected chi connectivity index (χ2v) is 11.9. The largest absolute Gasteiger partial charge is 0.489 e. The summed E-state index contributed by atoms with van der Waals surface area (Å²) in [5.41, 5.74) is 8.00. The lowest BCUT2D eigenvalue weighted by Gasteiger charge is -2.19. The number of rotatable bonds is 8. The minimum Gasteiger partial charge on any atom is -0.489 e. The van der Waals surface area contributed by atoms with Gasteiger partial charge < -0.3 is 9.47 Å². The van der Waals surface area contributed by atoms with Crippen molar-refractivity contribution < 1.29 is 23.3 Å². The Bertz CT molecular complexity index is 1400. The fourth-order valence-electron chi connectivity index (χ4n) is 6.50. The van der Waals surface area contributed by atoms with E-state index < -0.39 is 0 Å². The number of benzene rings is 3. The highest BCUT2D eigenvalue weighted by Gasteiger charge is 2.31.